The molecule has 1 heterocycles. The summed E-state index contributed by atoms with van der Waals surface area (Å²) in [4.78, 5) is 3.93. The maximum atomic E-state index is 9.70. The normalized spacial score (nSPS) is 12.8. The molecular formula is C9H15N3O. The fourth-order valence-electron chi connectivity index (χ4n) is 1.32. The van der Waals surface area contributed by atoms with Crippen molar-refractivity contribution in [3.05, 3.63) is 23.4 Å². The first-order valence-corrected chi connectivity index (χ1v) is 4.20. The van der Waals surface area contributed by atoms with E-state index in [1.165, 1.54) is 0 Å². The molecule has 4 N–H and O–H groups in total. The SMILES string of the molecule is CNCC(O)c1c(C)ccnc1N. The molecule has 0 amide bonds. The van der Waals surface area contributed by atoms with E-state index in [9.17, 15) is 5.11 Å². The fourth-order valence-corrected chi connectivity index (χ4v) is 1.32. The molecule has 72 valence electrons. The molecule has 0 bridgehead atoms. The van der Waals surface area contributed by atoms with Crippen molar-refractivity contribution < 1.29 is 5.11 Å². The Labute approximate surface area is 77.8 Å². The van der Waals surface area contributed by atoms with E-state index in [2.05, 4.69) is 10.3 Å². The predicted octanol–water partition coefficient (Wildman–Crippen LogP) is 0.225. The fraction of sp³-hybridized carbons (Fsp3) is 0.444. The van der Waals surface area contributed by atoms with E-state index >= 15 is 0 Å². The Balaban J connectivity index is 2.98. The van der Waals surface area contributed by atoms with Crippen LogP contribution >= 0.6 is 0 Å². The summed E-state index contributed by atoms with van der Waals surface area (Å²) >= 11 is 0. The number of aliphatic hydroxyl groups is 1. The number of likely N-dealkylation sites (N-methyl/N-ethyl adjacent to an activating group) is 1. The quantitative estimate of drug-likeness (QED) is 0.624. The number of nitrogens with zero attached hydrogens (tertiary/aromatic N) is 1. The van der Waals surface area contributed by atoms with Crippen LogP contribution in [-0.2, 0) is 0 Å². The van der Waals surface area contributed by atoms with Crippen LogP contribution < -0.4 is 11.1 Å². The highest BCUT2D eigenvalue weighted by Crippen LogP contribution is 2.21. The van der Waals surface area contributed by atoms with Gasteiger partial charge in [0.15, 0.2) is 0 Å². The van der Waals surface area contributed by atoms with Gasteiger partial charge in [0.2, 0.25) is 0 Å². The minimum absolute atomic E-state index is 0.405. The number of hydrogen-bond donors (Lipinski definition) is 3. The second kappa shape index (κ2) is 4.20. The third-order valence-corrected chi connectivity index (χ3v) is 1.97. The topological polar surface area (TPSA) is 71.2 Å². The standard InChI is InChI=1S/C9H15N3O/c1-6-3-4-12-9(10)8(6)7(13)5-11-2/h3-4,7,11,13H,5H2,1-2H3,(H2,10,12). The molecule has 0 aromatic carbocycles. The largest absolute Gasteiger partial charge is 0.387 e. The smallest absolute Gasteiger partial charge is 0.129 e. The summed E-state index contributed by atoms with van der Waals surface area (Å²) in [6.07, 6.45) is 1.05. The highest BCUT2D eigenvalue weighted by Gasteiger charge is 2.13. The number of aliphatic hydroxyl groups excluding tert-OH is 1. The molecule has 1 atom stereocenters. The van der Waals surface area contributed by atoms with Gasteiger partial charge in [-0.2, -0.15) is 0 Å². The van der Waals surface area contributed by atoms with Crippen molar-refractivity contribution >= 4 is 5.82 Å². The van der Waals surface area contributed by atoms with Crippen molar-refractivity contribution in [1.29, 1.82) is 0 Å². The second-order valence-corrected chi connectivity index (χ2v) is 3.00. The molecule has 0 radical (unpaired) electrons. The van der Waals surface area contributed by atoms with Crippen molar-refractivity contribution in [2.24, 2.45) is 0 Å². The first kappa shape index (κ1) is 9.95. The van der Waals surface area contributed by atoms with Crippen molar-refractivity contribution in [2.45, 2.75) is 13.0 Å². The Kier molecular flexibility index (Phi) is 3.22. The van der Waals surface area contributed by atoms with Crippen molar-refractivity contribution in [1.82, 2.24) is 10.3 Å². The summed E-state index contributed by atoms with van der Waals surface area (Å²) in [7, 11) is 1.78. The number of anilines is 1. The number of pyridine rings is 1. The molecule has 1 unspecified atom stereocenters. The molecule has 0 aliphatic carbocycles. The third-order valence-electron chi connectivity index (χ3n) is 1.97. The van der Waals surface area contributed by atoms with Crippen LogP contribution in [0.3, 0.4) is 0 Å². The van der Waals surface area contributed by atoms with Crippen molar-refractivity contribution in [3.8, 4) is 0 Å². The average Bonchev–Trinajstić information content (AvgIpc) is 2.04. The lowest BCUT2D eigenvalue weighted by atomic mass is 10.1. The van der Waals surface area contributed by atoms with E-state index in [1.54, 1.807) is 13.2 Å². The zero-order valence-electron chi connectivity index (χ0n) is 7.91. The number of aromatic nitrogens is 1. The van der Waals surface area contributed by atoms with Crippen LogP contribution in [0.4, 0.5) is 5.82 Å². The minimum atomic E-state index is -0.585. The summed E-state index contributed by atoms with van der Waals surface area (Å²) in [6.45, 7) is 2.39. The first-order valence-electron chi connectivity index (χ1n) is 4.20. The van der Waals surface area contributed by atoms with E-state index in [4.69, 9.17) is 5.73 Å². The van der Waals surface area contributed by atoms with Crippen LogP contribution in [0.5, 0.6) is 0 Å². The molecular weight excluding hydrogens is 166 g/mol. The number of aryl methyl sites for hydroxylation is 1. The Morgan fingerprint density at radius 2 is 2.38 bits per heavy atom. The number of nitrogen functional groups attached to an aromatic ring is 1. The monoisotopic (exact) mass is 181 g/mol. The molecule has 4 nitrogen and oxygen atoms in total. The minimum Gasteiger partial charge on any atom is -0.387 e. The average molecular weight is 181 g/mol. The molecule has 0 fully saturated rings. The Hall–Kier alpha value is -1.13. The van der Waals surface area contributed by atoms with Crippen LogP contribution in [0.25, 0.3) is 0 Å². The molecule has 0 saturated carbocycles. The summed E-state index contributed by atoms with van der Waals surface area (Å²) in [6, 6.07) is 1.84. The van der Waals surface area contributed by atoms with Gasteiger partial charge < -0.3 is 16.2 Å². The van der Waals surface area contributed by atoms with Gasteiger partial charge in [0.1, 0.15) is 5.82 Å². The van der Waals surface area contributed by atoms with Crippen LogP contribution in [-0.4, -0.2) is 23.7 Å². The van der Waals surface area contributed by atoms with Gasteiger partial charge >= 0.3 is 0 Å². The predicted molar refractivity (Wildman–Crippen MR) is 52.3 cm³/mol. The molecule has 4 heteroatoms. The van der Waals surface area contributed by atoms with Gasteiger partial charge in [0.25, 0.3) is 0 Å². The number of hydrogen-bond acceptors (Lipinski definition) is 4. The van der Waals surface area contributed by atoms with Gasteiger partial charge in [0.05, 0.1) is 6.10 Å². The molecule has 0 aliphatic heterocycles. The molecule has 1 aromatic heterocycles. The number of nitrogens with two attached hydrogens (primary N) is 1. The molecule has 0 aliphatic rings. The maximum absolute atomic E-state index is 9.70. The molecule has 13 heavy (non-hydrogen) atoms. The number of rotatable bonds is 3. The summed E-state index contributed by atoms with van der Waals surface area (Å²) in [5.74, 6) is 0.405. The maximum Gasteiger partial charge on any atom is 0.129 e. The van der Waals surface area contributed by atoms with Crippen LogP contribution in [0.1, 0.15) is 17.2 Å². The van der Waals surface area contributed by atoms with Crippen LogP contribution in [0, 0.1) is 6.92 Å². The lowest BCUT2D eigenvalue weighted by Gasteiger charge is -2.14. The zero-order valence-corrected chi connectivity index (χ0v) is 7.91. The third kappa shape index (κ3) is 2.17. The molecule has 1 aromatic rings. The Morgan fingerprint density at radius 1 is 1.69 bits per heavy atom. The highest BCUT2D eigenvalue weighted by molar-refractivity contribution is 5.45. The van der Waals surface area contributed by atoms with Crippen LogP contribution in [0.15, 0.2) is 12.3 Å². The lowest BCUT2D eigenvalue weighted by Crippen LogP contribution is -2.19. The first-order chi connectivity index (χ1) is 6.16. The van der Waals surface area contributed by atoms with Gasteiger partial charge in [-0.1, -0.05) is 0 Å². The molecule has 1 rings (SSSR count). The van der Waals surface area contributed by atoms with E-state index < -0.39 is 6.10 Å². The van der Waals surface area contributed by atoms with Crippen LogP contribution in [0.2, 0.25) is 0 Å². The van der Waals surface area contributed by atoms with Gasteiger partial charge in [-0.15, -0.1) is 0 Å². The van der Waals surface area contributed by atoms with E-state index in [-0.39, 0.29) is 0 Å². The van der Waals surface area contributed by atoms with E-state index in [0.717, 1.165) is 11.1 Å². The molecule has 0 spiro atoms. The van der Waals surface area contributed by atoms with E-state index in [0.29, 0.717) is 12.4 Å². The zero-order chi connectivity index (χ0) is 9.84. The molecule has 0 saturated heterocycles. The van der Waals surface area contributed by atoms with Crippen molar-refractivity contribution in [3.63, 3.8) is 0 Å². The van der Waals surface area contributed by atoms with E-state index in [1.807, 2.05) is 13.0 Å². The van der Waals surface area contributed by atoms with Gasteiger partial charge in [0, 0.05) is 18.3 Å². The summed E-state index contributed by atoms with van der Waals surface area (Å²) in [5.41, 5.74) is 7.34. The second-order valence-electron chi connectivity index (χ2n) is 3.00. The summed E-state index contributed by atoms with van der Waals surface area (Å²) in [5, 5.41) is 12.6. The number of nitrogens with one attached hydrogen (secondary N) is 1. The highest BCUT2D eigenvalue weighted by atomic mass is 16.3. The van der Waals surface area contributed by atoms with Gasteiger partial charge in [-0.05, 0) is 25.6 Å². The lowest BCUT2D eigenvalue weighted by molar-refractivity contribution is 0.177. The Morgan fingerprint density at radius 3 is 2.92 bits per heavy atom. The van der Waals surface area contributed by atoms with Gasteiger partial charge in [-0.25, -0.2) is 4.98 Å². The van der Waals surface area contributed by atoms with Gasteiger partial charge in [-0.3, -0.25) is 0 Å². The Bertz CT molecular complexity index is 268. The van der Waals surface area contributed by atoms with Crippen molar-refractivity contribution in [2.75, 3.05) is 19.3 Å². The summed E-state index contributed by atoms with van der Waals surface area (Å²) < 4.78 is 0.